The molecule has 0 aliphatic carbocycles. The Morgan fingerprint density at radius 1 is 1.10 bits per heavy atom. The minimum atomic E-state index is -4.60. The van der Waals surface area contributed by atoms with Crippen molar-refractivity contribution in [2.75, 3.05) is 11.9 Å². The minimum absolute atomic E-state index is 0.0337. The molecule has 208 valence electrons. The summed E-state index contributed by atoms with van der Waals surface area (Å²) in [4.78, 5) is 48.6. The molecule has 2 N–H and O–H groups in total. The fourth-order valence-electron chi connectivity index (χ4n) is 5.54. The maximum absolute atomic E-state index is 13.5. The number of carbonyl (C=O) groups excluding carboxylic acids is 3. The third-order valence-corrected chi connectivity index (χ3v) is 7.57. The third kappa shape index (κ3) is 5.68. The standard InChI is InChI=1S/C29H28F3N5O3/c1-16-6-3-4-8-21(16)22-13-24(28(40)37(17(22)2)15-29(30,31)32)35-27(39)20-10-19-12-25(38)36-26-18(7-5-9-33-26)11-23(19)34-14-20/h3-10,14,17,22,24H,11-13,15H2,1-2H3,(H,35,39)(H,33,36,38)/t17-,22-,24+/m1/s1. The number of aromatic nitrogens is 2. The summed E-state index contributed by atoms with van der Waals surface area (Å²) in [7, 11) is 0. The van der Waals surface area contributed by atoms with Gasteiger partial charge in [-0.05, 0) is 49.1 Å². The maximum atomic E-state index is 13.5. The molecular weight excluding hydrogens is 523 g/mol. The summed E-state index contributed by atoms with van der Waals surface area (Å²) in [5.41, 5.74) is 3.76. The van der Waals surface area contributed by atoms with Crippen LogP contribution in [0.1, 0.15) is 57.6 Å². The lowest BCUT2D eigenvalue weighted by Gasteiger charge is -2.43. The van der Waals surface area contributed by atoms with Crippen molar-refractivity contribution in [3.8, 4) is 0 Å². The lowest BCUT2D eigenvalue weighted by Crippen LogP contribution is -2.59. The van der Waals surface area contributed by atoms with Crippen molar-refractivity contribution in [1.82, 2.24) is 20.2 Å². The van der Waals surface area contributed by atoms with Crippen molar-refractivity contribution in [3.63, 3.8) is 0 Å². The fraction of sp³-hybridized carbons (Fsp3) is 0.345. The van der Waals surface area contributed by atoms with E-state index in [0.29, 0.717) is 23.5 Å². The van der Waals surface area contributed by atoms with Crippen LogP contribution in [0, 0.1) is 6.92 Å². The molecule has 11 heteroatoms. The van der Waals surface area contributed by atoms with Crippen LogP contribution in [0.3, 0.4) is 0 Å². The quantitative estimate of drug-likeness (QED) is 0.512. The summed E-state index contributed by atoms with van der Waals surface area (Å²) >= 11 is 0. The molecule has 0 bridgehead atoms. The van der Waals surface area contributed by atoms with Crippen LogP contribution in [0.25, 0.3) is 0 Å². The van der Waals surface area contributed by atoms with Crippen LogP contribution in [0.15, 0.2) is 54.9 Å². The number of aryl methyl sites for hydroxylation is 1. The van der Waals surface area contributed by atoms with Gasteiger partial charge in [0.05, 0.1) is 12.0 Å². The number of piperidine rings is 1. The van der Waals surface area contributed by atoms with Gasteiger partial charge < -0.3 is 15.5 Å². The number of hydrogen-bond acceptors (Lipinski definition) is 5. The summed E-state index contributed by atoms with van der Waals surface area (Å²) in [5, 5.41) is 5.41. The highest BCUT2D eigenvalue weighted by Crippen LogP contribution is 2.36. The Bertz CT molecular complexity index is 1480. The Labute approximate surface area is 229 Å². The Morgan fingerprint density at radius 2 is 1.88 bits per heavy atom. The molecule has 0 saturated carbocycles. The highest BCUT2D eigenvalue weighted by Gasteiger charge is 2.45. The Hall–Kier alpha value is -4.28. The van der Waals surface area contributed by atoms with Crippen molar-refractivity contribution in [2.24, 2.45) is 0 Å². The molecule has 0 radical (unpaired) electrons. The Morgan fingerprint density at radius 3 is 2.62 bits per heavy atom. The number of pyridine rings is 2. The number of likely N-dealkylation sites (tertiary alicyclic amines) is 1. The van der Waals surface area contributed by atoms with E-state index in [1.807, 2.05) is 31.2 Å². The van der Waals surface area contributed by atoms with E-state index in [4.69, 9.17) is 0 Å². The van der Waals surface area contributed by atoms with Crippen molar-refractivity contribution >= 4 is 23.5 Å². The van der Waals surface area contributed by atoms with Gasteiger partial charge in [0, 0.05) is 42.0 Å². The minimum Gasteiger partial charge on any atom is -0.340 e. The summed E-state index contributed by atoms with van der Waals surface area (Å²) in [6.07, 6.45) is -1.16. The van der Waals surface area contributed by atoms with E-state index in [1.54, 1.807) is 31.3 Å². The number of anilines is 1. The number of hydrogen-bond donors (Lipinski definition) is 2. The maximum Gasteiger partial charge on any atom is 0.406 e. The van der Waals surface area contributed by atoms with Gasteiger partial charge in [0.2, 0.25) is 11.8 Å². The van der Waals surface area contributed by atoms with E-state index in [0.717, 1.165) is 21.6 Å². The highest BCUT2D eigenvalue weighted by atomic mass is 19.4. The van der Waals surface area contributed by atoms with Crippen LogP contribution >= 0.6 is 0 Å². The Kier molecular flexibility index (Phi) is 7.31. The molecule has 8 nitrogen and oxygen atoms in total. The highest BCUT2D eigenvalue weighted by molar-refractivity contribution is 5.98. The Balaban J connectivity index is 1.42. The van der Waals surface area contributed by atoms with Gasteiger partial charge in [0.25, 0.3) is 5.91 Å². The van der Waals surface area contributed by atoms with E-state index in [1.165, 1.54) is 6.20 Å². The molecule has 2 aromatic heterocycles. The van der Waals surface area contributed by atoms with Crippen LogP contribution in [0.2, 0.25) is 0 Å². The van der Waals surface area contributed by atoms with Gasteiger partial charge in [-0.3, -0.25) is 19.4 Å². The topological polar surface area (TPSA) is 104 Å². The molecule has 2 aliphatic heterocycles. The first-order chi connectivity index (χ1) is 19.0. The van der Waals surface area contributed by atoms with Crippen LogP contribution < -0.4 is 10.6 Å². The molecule has 1 aromatic carbocycles. The van der Waals surface area contributed by atoms with Crippen LogP contribution in [0.4, 0.5) is 19.0 Å². The summed E-state index contributed by atoms with van der Waals surface area (Å²) in [6, 6.07) is 10.6. The fourth-order valence-corrected chi connectivity index (χ4v) is 5.54. The van der Waals surface area contributed by atoms with Crippen molar-refractivity contribution in [2.45, 2.75) is 57.3 Å². The molecule has 1 saturated heterocycles. The van der Waals surface area contributed by atoms with Gasteiger partial charge in [-0.2, -0.15) is 13.2 Å². The zero-order valence-corrected chi connectivity index (χ0v) is 22.0. The van der Waals surface area contributed by atoms with Gasteiger partial charge >= 0.3 is 6.18 Å². The smallest absolute Gasteiger partial charge is 0.340 e. The molecular formula is C29H28F3N5O3. The van der Waals surface area contributed by atoms with Crippen LogP contribution in [0.5, 0.6) is 0 Å². The molecule has 3 amide bonds. The average Bonchev–Trinajstić information content (AvgIpc) is 2.89. The molecule has 40 heavy (non-hydrogen) atoms. The van der Waals surface area contributed by atoms with Gasteiger partial charge in [-0.25, -0.2) is 4.98 Å². The molecule has 5 rings (SSSR count). The first kappa shape index (κ1) is 27.3. The number of carbonyl (C=O) groups is 3. The van der Waals surface area contributed by atoms with Gasteiger partial charge in [0.1, 0.15) is 18.4 Å². The van der Waals surface area contributed by atoms with Crippen molar-refractivity contribution < 1.29 is 27.6 Å². The van der Waals surface area contributed by atoms with E-state index < -0.39 is 42.5 Å². The second-order valence-electron chi connectivity index (χ2n) is 10.3. The second-order valence-corrected chi connectivity index (χ2v) is 10.3. The van der Waals surface area contributed by atoms with E-state index >= 15 is 0 Å². The first-order valence-electron chi connectivity index (χ1n) is 13.0. The molecule has 2 aliphatic rings. The number of halogens is 3. The summed E-state index contributed by atoms with van der Waals surface area (Å²) in [6.45, 7) is 2.07. The number of rotatable bonds is 4. The van der Waals surface area contributed by atoms with Gasteiger partial charge in [0.15, 0.2) is 0 Å². The molecule has 0 spiro atoms. The van der Waals surface area contributed by atoms with Crippen molar-refractivity contribution in [1.29, 1.82) is 0 Å². The van der Waals surface area contributed by atoms with Gasteiger partial charge in [-0.1, -0.05) is 30.3 Å². The van der Waals surface area contributed by atoms with Crippen molar-refractivity contribution in [3.05, 3.63) is 88.4 Å². The number of benzene rings is 1. The number of fused-ring (bicyclic) bond motifs is 2. The molecule has 4 heterocycles. The predicted octanol–water partition coefficient (Wildman–Crippen LogP) is 3.94. The molecule has 0 unspecified atom stereocenters. The molecule has 1 fully saturated rings. The number of alkyl halides is 3. The van der Waals surface area contributed by atoms with Crippen LogP contribution in [-0.4, -0.2) is 57.4 Å². The first-order valence-corrected chi connectivity index (χ1v) is 13.0. The van der Waals surface area contributed by atoms with Gasteiger partial charge in [-0.15, -0.1) is 0 Å². The SMILES string of the molecule is Cc1ccccc1[C@@H]1C[C@H](NC(=O)c2cnc3c(c2)CC(=O)Nc2ncccc2C3)C(=O)N(CC(F)(F)F)[C@@H]1C. The molecule has 3 atom stereocenters. The zero-order valence-electron chi connectivity index (χ0n) is 22.0. The van der Waals surface area contributed by atoms with Crippen LogP contribution in [-0.2, 0) is 22.4 Å². The third-order valence-electron chi connectivity index (χ3n) is 7.57. The lowest BCUT2D eigenvalue weighted by atomic mass is 9.80. The number of nitrogens with zero attached hydrogens (tertiary/aromatic N) is 3. The van der Waals surface area contributed by atoms with E-state index in [9.17, 15) is 27.6 Å². The average molecular weight is 552 g/mol. The number of amides is 3. The van der Waals surface area contributed by atoms with E-state index in [-0.39, 0.29) is 24.3 Å². The zero-order chi connectivity index (χ0) is 28.6. The second kappa shape index (κ2) is 10.7. The lowest BCUT2D eigenvalue weighted by molar-refractivity contribution is -0.170. The molecule has 3 aromatic rings. The summed E-state index contributed by atoms with van der Waals surface area (Å²) in [5.74, 6) is -1.72. The number of nitrogens with one attached hydrogen (secondary N) is 2. The monoisotopic (exact) mass is 551 g/mol. The predicted molar refractivity (Wildman–Crippen MR) is 141 cm³/mol. The summed E-state index contributed by atoms with van der Waals surface area (Å²) < 4.78 is 40.4. The largest absolute Gasteiger partial charge is 0.406 e. The van der Waals surface area contributed by atoms with E-state index in [2.05, 4.69) is 20.6 Å². The normalized spacial score (nSPS) is 21.0.